The lowest BCUT2D eigenvalue weighted by atomic mass is 10.1. The van der Waals surface area contributed by atoms with E-state index in [1.165, 1.54) is 16.3 Å². The predicted molar refractivity (Wildman–Crippen MR) is 88.5 cm³/mol. The molecule has 0 radical (unpaired) electrons. The molecule has 3 N–H and O–H groups in total. The number of hydrogen-bond donors (Lipinski definition) is 3. The molecule has 122 valence electrons. The van der Waals surface area contributed by atoms with E-state index in [0.717, 1.165) is 22.5 Å². The van der Waals surface area contributed by atoms with Crippen LogP contribution in [0.3, 0.4) is 0 Å². The quantitative estimate of drug-likeness (QED) is 0.225. The van der Waals surface area contributed by atoms with Crippen molar-refractivity contribution >= 4 is 23.0 Å². The molecule has 0 saturated carbocycles. The Morgan fingerprint density at radius 2 is 2.00 bits per heavy atom. The van der Waals surface area contributed by atoms with Crippen LogP contribution in [0.15, 0.2) is 54.6 Å². The van der Waals surface area contributed by atoms with Crippen molar-refractivity contribution in [3.05, 3.63) is 71.6 Å². The lowest BCUT2D eigenvalue weighted by Crippen LogP contribution is -2.33. The molecule has 0 aliphatic heterocycles. The third kappa shape index (κ3) is 3.00. The molecule has 6 nitrogen and oxygen atoms in total. The van der Waals surface area contributed by atoms with Crippen LogP contribution in [0.1, 0.15) is 17.0 Å². The Hall–Kier alpha value is -3.12. The van der Waals surface area contributed by atoms with Crippen molar-refractivity contribution in [2.24, 2.45) is 7.05 Å². The van der Waals surface area contributed by atoms with Crippen LogP contribution < -0.4 is 10.0 Å². The molecule has 0 unspecified atom stereocenters. The fourth-order valence-corrected chi connectivity index (χ4v) is 2.70. The Labute approximate surface area is 138 Å². The van der Waals surface area contributed by atoms with E-state index < -0.39 is 5.91 Å². The number of nitrogens with zero attached hydrogens (tertiary/aromatic N) is 2. The number of nitrogens with one attached hydrogen (secondary N) is 1. The monoisotopic (exact) mass is 324 g/mol. The number of carbonyl (C=O) groups is 1. The highest BCUT2D eigenvalue weighted by Crippen LogP contribution is 2.18. The van der Waals surface area contributed by atoms with Gasteiger partial charge in [-0.25, -0.2) is 10.0 Å². The fourth-order valence-electron chi connectivity index (χ4n) is 2.70. The summed E-state index contributed by atoms with van der Waals surface area (Å²) in [6.45, 7) is 0. The standard InChI is InChI=1S/C18H17N3O3/c1-20-15-9-7-14(8-10-17(22)19-23)11-16(15)21(24)18(20)12-13-5-3-2-4-6-13/h2-11H,12H2,1H3,(H2-,19,22,23,24)/p+1. The highest BCUT2D eigenvalue weighted by atomic mass is 16.5. The number of aromatic nitrogens is 2. The summed E-state index contributed by atoms with van der Waals surface area (Å²) in [6, 6.07) is 15.4. The Bertz CT molecular complexity index is 914. The van der Waals surface area contributed by atoms with Crippen molar-refractivity contribution in [3.63, 3.8) is 0 Å². The van der Waals surface area contributed by atoms with Crippen molar-refractivity contribution in [1.82, 2.24) is 10.2 Å². The molecule has 1 aromatic heterocycles. The van der Waals surface area contributed by atoms with Gasteiger partial charge in [0.05, 0.1) is 13.5 Å². The van der Waals surface area contributed by atoms with Crippen LogP contribution >= 0.6 is 0 Å². The number of rotatable bonds is 4. The van der Waals surface area contributed by atoms with Crippen molar-refractivity contribution in [1.29, 1.82) is 0 Å². The summed E-state index contributed by atoms with van der Waals surface area (Å²) in [5, 5.41) is 19.0. The Morgan fingerprint density at radius 3 is 2.71 bits per heavy atom. The second-order valence-corrected chi connectivity index (χ2v) is 5.51. The van der Waals surface area contributed by atoms with Crippen molar-refractivity contribution in [2.45, 2.75) is 6.42 Å². The number of hydrogen-bond acceptors (Lipinski definition) is 3. The van der Waals surface area contributed by atoms with E-state index >= 15 is 0 Å². The van der Waals surface area contributed by atoms with Crippen LogP contribution in [0.4, 0.5) is 0 Å². The predicted octanol–water partition coefficient (Wildman–Crippen LogP) is 1.81. The van der Waals surface area contributed by atoms with E-state index in [0.29, 0.717) is 11.9 Å². The SMILES string of the molecule is C[n+]1c(Cc2ccccc2)n(O)c2cc(C=CC(=O)NO)ccc21. The third-order valence-corrected chi connectivity index (χ3v) is 3.96. The number of fused-ring (bicyclic) bond motifs is 1. The largest absolute Gasteiger partial charge is 0.349 e. The summed E-state index contributed by atoms with van der Waals surface area (Å²) in [7, 11) is 1.90. The van der Waals surface area contributed by atoms with E-state index in [9.17, 15) is 10.0 Å². The second-order valence-electron chi connectivity index (χ2n) is 5.51. The van der Waals surface area contributed by atoms with Gasteiger partial charge in [-0.3, -0.25) is 10.0 Å². The van der Waals surface area contributed by atoms with Gasteiger partial charge in [-0.1, -0.05) is 36.4 Å². The molecule has 3 aromatic rings. The van der Waals surface area contributed by atoms with Gasteiger partial charge >= 0.3 is 5.82 Å². The van der Waals surface area contributed by atoms with Crippen molar-refractivity contribution < 1.29 is 19.8 Å². The molecule has 0 aliphatic rings. The minimum Gasteiger partial charge on any atom is -0.349 e. The molecule has 0 spiro atoms. The maximum absolute atomic E-state index is 11.1. The van der Waals surface area contributed by atoms with Gasteiger partial charge in [0, 0.05) is 12.1 Å². The first kappa shape index (κ1) is 15.8. The van der Waals surface area contributed by atoms with Crippen LogP contribution in [-0.2, 0) is 18.3 Å². The van der Waals surface area contributed by atoms with Gasteiger partial charge in [-0.05, 0) is 28.0 Å². The topological polar surface area (TPSA) is 78.4 Å². The van der Waals surface area contributed by atoms with Crippen molar-refractivity contribution in [3.8, 4) is 0 Å². The summed E-state index contributed by atoms with van der Waals surface area (Å²) in [5.41, 5.74) is 4.91. The zero-order valence-electron chi connectivity index (χ0n) is 13.2. The molecule has 0 fully saturated rings. The van der Waals surface area contributed by atoms with E-state index in [1.807, 2.05) is 54.1 Å². The number of hydroxylamine groups is 1. The lowest BCUT2D eigenvalue weighted by Gasteiger charge is -1.97. The minimum absolute atomic E-state index is 0.598. The summed E-state index contributed by atoms with van der Waals surface area (Å²) in [6.07, 6.45) is 3.38. The average Bonchev–Trinajstić information content (AvgIpc) is 2.85. The van der Waals surface area contributed by atoms with Gasteiger partial charge in [0.2, 0.25) is 5.52 Å². The smallest absolute Gasteiger partial charge is 0.301 e. The molecule has 0 aliphatic carbocycles. The van der Waals surface area contributed by atoms with E-state index in [1.54, 1.807) is 12.1 Å². The molecule has 1 heterocycles. The summed E-state index contributed by atoms with van der Waals surface area (Å²) in [5.74, 6) is 0.148. The summed E-state index contributed by atoms with van der Waals surface area (Å²) >= 11 is 0. The highest BCUT2D eigenvalue weighted by molar-refractivity contribution is 5.91. The zero-order valence-corrected chi connectivity index (χ0v) is 13.2. The molecule has 2 aromatic carbocycles. The average molecular weight is 324 g/mol. The second kappa shape index (κ2) is 6.55. The van der Waals surface area contributed by atoms with Crippen LogP contribution in [0.5, 0.6) is 0 Å². The van der Waals surface area contributed by atoms with Crippen LogP contribution in [0.25, 0.3) is 17.1 Å². The van der Waals surface area contributed by atoms with Crippen molar-refractivity contribution in [2.75, 3.05) is 0 Å². The molecule has 3 rings (SSSR count). The highest BCUT2D eigenvalue weighted by Gasteiger charge is 2.22. The molecular weight excluding hydrogens is 306 g/mol. The molecule has 1 amide bonds. The lowest BCUT2D eigenvalue weighted by molar-refractivity contribution is -0.655. The minimum atomic E-state index is -0.607. The van der Waals surface area contributed by atoms with Gasteiger partial charge in [-0.15, -0.1) is 0 Å². The number of carbonyl (C=O) groups excluding carboxylic acids is 1. The summed E-state index contributed by atoms with van der Waals surface area (Å²) in [4.78, 5) is 11.1. The van der Waals surface area contributed by atoms with Gasteiger partial charge in [0.1, 0.15) is 0 Å². The number of amides is 1. The first-order chi connectivity index (χ1) is 11.6. The first-order valence-electron chi connectivity index (χ1n) is 7.49. The fraction of sp³-hybridized carbons (Fsp3) is 0.111. The Balaban J connectivity index is 2.00. The van der Waals surface area contributed by atoms with E-state index in [4.69, 9.17) is 5.21 Å². The Kier molecular flexibility index (Phi) is 4.31. The molecule has 0 bridgehead atoms. The van der Waals surface area contributed by atoms with E-state index in [2.05, 4.69) is 0 Å². The summed E-state index contributed by atoms with van der Waals surface area (Å²) < 4.78 is 3.11. The maximum atomic E-state index is 11.1. The molecule has 6 heteroatoms. The van der Waals surface area contributed by atoms with Gasteiger partial charge in [-0.2, -0.15) is 0 Å². The maximum Gasteiger partial charge on any atom is 0.301 e. The normalized spacial score (nSPS) is 11.2. The van der Waals surface area contributed by atoms with Gasteiger partial charge in [0.15, 0.2) is 5.52 Å². The number of imidazole rings is 1. The Morgan fingerprint density at radius 1 is 1.25 bits per heavy atom. The molecular formula is C18H18N3O3+. The van der Waals surface area contributed by atoms with E-state index in [-0.39, 0.29) is 0 Å². The molecule has 0 atom stereocenters. The molecule has 24 heavy (non-hydrogen) atoms. The van der Waals surface area contributed by atoms with Gasteiger partial charge in [0.25, 0.3) is 5.91 Å². The zero-order chi connectivity index (χ0) is 17.1. The van der Waals surface area contributed by atoms with Crippen LogP contribution in [-0.4, -0.2) is 21.1 Å². The number of aryl methyl sites for hydroxylation is 1. The van der Waals surface area contributed by atoms with Crippen LogP contribution in [0.2, 0.25) is 0 Å². The third-order valence-electron chi connectivity index (χ3n) is 3.96. The first-order valence-corrected chi connectivity index (χ1v) is 7.49. The van der Waals surface area contributed by atoms with Crippen LogP contribution in [0, 0.1) is 0 Å². The number of benzene rings is 2. The van der Waals surface area contributed by atoms with Gasteiger partial charge < -0.3 is 5.21 Å². The molecule has 0 saturated heterocycles.